The Morgan fingerprint density at radius 2 is 1.65 bits per heavy atom. The summed E-state index contributed by atoms with van der Waals surface area (Å²) in [5.74, 6) is 2.27. The fourth-order valence-corrected chi connectivity index (χ4v) is 5.00. The molecule has 1 aliphatic rings. The van der Waals surface area contributed by atoms with Gasteiger partial charge in [0, 0.05) is 12.3 Å². The van der Waals surface area contributed by atoms with Crippen molar-refractivity contribution in [3.63, 3.8) is 0 Å². The van der Waals surface area contributed by atoms with Crippen LogP contribution in [0.25, 0.3) is 0 Å². The Hall–Kier alpha value is -2.15. The molecular formula is C28H37BrN2O3. The predicted octanol–water partition coefficient (Wildman–Crippen LogP) is 2.54. The van der Waals surface area contributed by atoms with Crippen LogP contribution in [0.15, 0.2) is 71.3 Å². The third-order valence-corrected chi connectivity index (χ3v) is 6.79. The first-order valence-electron chi connectivity index (χ1n) is 12.2. The maximum Gasteiger partial charge on any atom is 0.231 e. The number of benzene rings is 2. The first kappa shape index (κ1) is 26.5. The zero-order valence-corrected chi connectivity index (χ0v) is 21.9. The lowest BCUT2D eigenvalue weighted by atomic mass is 9.73. The average Bonchev–Trinajstić information content (AvgIpc) is 3.31. The standard InChI is InChI=1S/C28H37N2O3.BrH/c1-30(2,19-12-20-32-25-17-10-5-11-18-25)22-26-21-29-27(33-26)28(31,23-13-6-3-7-14-23)24-15-8-4-9-16-24;/h3,5-7,10-11,13-14,17-18,21,24,31H,4,8-9,12,15-16,19-20,22H2,1-2H3;1H/q+1;/p-1. The van der Waals surface area contributed by atoms with Crippen LogP contribution in [0.2, 0.25) is 0 Å². The third kappa shape index (κ3) is 6.49. The summed E-state index contributed by atoms with van der Waals surface area (Å²) in [6.07, 6.45) is 8.24. The molecule has 34 heavy (non-hydrogen) atoms. The highest BCUT2D eigenvalue weighted by Gasteiger charge is 2.44. The van der Waals surface area contributed by atoms with Gasteiger partial charge in [-0.2, -0.15) is 0 Å². The number of para-hydroxylation sites is 1. The van der Waals surface area contributed by atoms with Crippen LogP contribution in [0, 0.1) is 5.92 Å². The molecule has 2 aromatic carbocycles. The molecule has 1 heterocycles. The number of quaternary nitrogens is 1. The Morgan fingerprint density at radius 1 is 1.00 bits per heavy atom. The van der Waals surface area contributed by atoms with Gasteiger partial charge in [-0.25, -0.2) is 4.98 Å². The number of ether oxygens (including phenoxy) is 1. The highest BCUT2D eigenvalue weighted by molar-refractivity contribution is 5.30. The smallest absolute Gasteiger partial charge is 0.231 e. The Bertz CT molecular complexity index is 987. The van der Waals surface area contributed by atoms with E-state index in [1.165, 1.54) is 6.42 Å². The Kier molecular flexibility index (Phi) is 9.34. The summed E-state index contributed by atoms with van der Waals surface area (Å²) >= 11 is 0. The van der Waals surface area contributed by atoms with E-state index in [1.807, 2.05) is 60.7 Å². The van der Waals surface area contributed by atoms with Crippen LogP contribution in [0.5, 0.6) is 5.75 Å². The summed E-state index contributed by atoms with van der Waals surface area (Å²) in [6.45, 7) is 2.35. The van der Waals surface area contributed by atoms with Crippen molar-refractivity contribution >= 4 is 0 Å². The van der Waals surface area contributed by atoms with Gasteiger partial charge < -0.3 is 35.7 Å². The van der Waals surface area contributed by atoms with Crippen LogP contribution < -0.4 is 21.7 Å². The molecule has 1 aliphatic carbocycles. The first-order valence-corrected chi connectivity index (χ1v) is 12.2. The highest BCUT2D eigenvalue weighted by atomic mass is 79.9. The van der Waals surface area contributed by atoms with Crippen LogP contribution in [0.4, 0.5) is 0 Å². The Labute approximate surface area is 214 Å². The fraction of sp³-hybridized carbons (Fsp3) is 0.464. The summed E-state index contributed by atoms with van der Waals surface area (Å²) in [7, 11) is 4.38. The SMILES string of the molecule is C[N+](C)(CCCOc1ccccc1)Cc1cnc(C(O)(c2ccccc2)C2CCCCC2)o1.[Br-]. The molecule has 0 bridgehead atoms. The van der Waals surface area contributed by atoms with Crippen LogP contribution >= 0.6 is 0 Å². The fourth-order valence-electron chi connectivity index (χ4n) is 5.00. The molecule has 0 radical (unpaired) electrons. The quantitative estimate of drug-likeness (QED) is 0.324. The van der Waals surface area contributed by atoms with Gasteiger partial charge in [-0.1, -0.05) is 67.8 Å². The van der Waals surface area contributed by atoms with Gasteiger partial charge in [-0.3, -0.25) is 0 Å². The van der Waals surface area contributed by atoms with Gasteiger partial charge in [-0.15, -0.1) is 0 Å². The Balaban J connectivity index is 0.00000324. The topological polar surface area (TPSA) is 55.5 Å². The largest absolute Gasteiger partial charge is 1.00 e. The summed E-state index contributed by atoms with van der Waals surface area (Å²) in [5.41, 5.74) is -0.308. The number of aliphatic hydroxyl groups is 1. The molecule has 0 aliphatic heterocycles. The molecule has 1 unspecified atom stereocenters. The number of rotatable bonds is 10. The van der Waals surface area contributed by atoms with E-state index in [1.54, 1.807) is 6.20 Å². The number of hydrogen-bond donors (Lipinski definition) is 1. The maximum atomic E-state index is 12.0. The molecule has 4 rings (SSSR count). The van der Waals surface area contributed by atoms with E-state index in [2.05, 4.69) is 19.1 Å². The van der Waals surface area contributed by atoms with Crippen molar-refractivity contribution in [1.82, 2.24) is 4.98 Å². The second-order valence-electron chi connectivity index (χ2n) is 9.93. The zero-order chi connectivity index (χ0) is 23.2. The van der Waals surface area contributed by atoms with Crippen molar-refractivity contribution in [3.05, 3.63) is 84.1 Å². The van der Waals surface area contributed by atoms with E-state index in [9.17, 15) is 5.11 Å². The minimum absolute atomic E-state index is 0. The molecular weight excluding hydrogens is 492 g/mol. The zero-order valence-electron chi connectivity index (χ0n) is 20.3. The van der Waals surface area contributed by atoms with Crippen LogP contribution in [0.1, 0.15) is 55.7 Å². The molecule has 1 saturated carbocycles. The van der Waals surface area contributed by atoms with Crippen molar-refractivity contribution < 1.29 is 35.7 Å². The molecule has 0 saturated heterocycles. The summed E-state index contributed by atoms with van der Waals surface area (Å²) in [4.78, 5) is 4.61. The first-order chi connectivity index (χ1) is 16.0. The predicted molar refractivity (Wildman–Crippen MR) is 130 cm³/mol. The van der Waals surface area contributed by atoms with Gasteiger partial charge in [0.1, 0.15) is 12.3 Å². The summed E-state index contributed by atoms with van der Waals surface area (Å²) in [5, 5.41) is 12.0. The van der Waals surface area contributed by atoms with Crippen LogP contribution in [-0.4, -0.2) is 41.8 Å². The maximum absolute atomic E-state index is 12.0. The summed E-state index contributed by atoms with van der Waals surface area (Å²) in [6, 6.07) is 19.8. The van der Waals surface area contributed by atoms with Gasteiger partial charge >= 0.3 is 0 Å². The van der Waals surface area contributed by atoms with Crippen molar-refractivity contribution in [2.24, 2.45) is 5.92 Å². The normalized spacial score (nSPS) is 16.4. The molecule has 1 N–H and O–H groups in total. The van der Waals surface area contributed by atoms with Crippen molar-refractivity contribution in [2.45, 2.75) is 50.7 Å². The van der Waals surface area contributed by atoms with E-state index in [0.717, 1.165) is 60.2 Å². The average molecular weight is 530 g/mol. The number of halogens is 1. The number of hydrogen-bond acceptors (Lipinski definition) is 4. The molecule has 6 heteroatoms. The number of aromatic nitrogens is 1. The molecule has 1 atom stereocenters. The molecule has 1 fully saturated rings. The Morgan fingerprint density at radius 3 is 2.32 bits per heavy atom. The van der Waals surface area contributed by atoms with E-state index >= 15 is 0 Å². The van der Waals surface area contributed by atoms with Gasteiger partial charge in [0.25, 0.3) is 0 Å². The lowest BCUT2D eigenvalue weighted by Crippen LogP contribution is -3.00. The second kappa shape index (κ2) is 12.0. The van der Waals surface area contributed by atoms with Gasteiger partial charge in [0.2, 0.25) is 5.89 Å². The second-order valence-corrected chi connectivity index (χ2v) is 9.93. The van der Waals surface area contributed by atoms with E-state index in [0.29, 0.717) is 19.0 Å². The van der Waals surface area contributed by atoms with Crippen molar-refractivity contribution in [1.29, 1.82) is 0 Å². The molecule has 1 aromatic heterocycles. The van der Waals surface area contributed by atoms with Gasteiger partial charge in [-0.05, 0) is 30.5 Å². The number of nitrogens with zero attached hydrogens (tertiary/aromatic N) is 2. The monoisotopic (exact) mass is 528 g/mol. The van der Waals surface area contributed by atoms with Crippen LogP contribution in [0.3, 0.4) is 0 Å². The molecule has 3 aromatic rings. The van der Waals surface area contributed by atoms with Gasteiger partial charge in [0.05, 0.1) is 33.4 Å². The minimum atomic E-state index is -1.18. The highest BCUT2D eigenvalue weighted by Crippen LogP contribution is 2.43. The summed E-state index contributed by atoms with van der Waals surface area (Å²) < 4.78 is 12.9. The van der Waals surface area contributed by atoms with Crippen molar-refractivity contribution in [2.75, 3.05) is 27.2 Å². The van der Waals surface area contributed by atoms with Gasteiger partial charge in [0.15, 0.2) is 11.4 Å². The molecule has 0 spiro atoms. The lowest BCUT2D eigenvalue weighted by Gasteiger charge is -2.36. The van der Waals surface area contributed by atoms with Crippen LogP contribution in [-0.2, 0) is 12.1 Å². The van der Waals surface area contributed by atoms with Crippen molar-refractivity contribution in [3.8, 4) is 5.75 Å². The molecule has 184 valence electrons. The third-order valence-electron chi connectivity index (χ3n) is 6.79. The number of oxazole rings is 1. The lowest BCUT2D eigenvalue weighted by molar-refractivity contribution is -0.904. The minimum Gasteiger partial charge on any atom is -1.00 e. The molecule has 0 amide bonds. The van der Waals surface area contributed by atoms with E-state index in [-0.39, 0.29) is 22.9 Å². The van der Waals surface area contributed by atoms with E-state index < -0.39 is 5.60 Å². The van der Waals surface area contributed by atoms with E-state index in [4.69, 9.17) is 9.15 Å². The molecule has 5 nitrogen and oxygen atoms in total.